The van der Waals surface area contributed by atoms with Gasteiger partial charge >= 0.3 is 0 Å². The minimum atomic E-state index is -0.631. The summed E-state index contributed by atoms with van der Waals surface area (Å²) in [6.07, 6.45) is 0. The zero-order chi connectivity index (χ0) is 18.4. The van der Waals surface area contributed by atoms with Crippen molar-refractivity contribution in [3.63, 3.8) is 0 Å². The molecule has 0 radical (unpaired) electrons. The summed E-state index contributed by atoms with van der Waals surface area (Å²) in [6.45, 7) is 3.53. The Morgan fingerprint density at radius 1 is 1.20 bits per heavy atom. The predicted octanol–water partition coefficient (Wildman–Crippen LogP) is 2.75. The first-order valence-corrected chi connectivity index (χ1v) is 7.89. The van der Waals surface area contributed by atoms with Crippen LogP contribution in [0.3, 0.4) is 0 Å². The van der Waals surface area contributed by atoms with Gasteiger partial charge in [0.25, 0.3) is 5.91 Å². The second kappa shape index (κ2) is 8.28. The van der Waals surface area contributed by atoms with E-state index in [0.717, 1.165) is 11.1 Å². The number of nitrogens with one attached hydrogen (secondary N) is 2. The fraction of sp³-hybridized carbons (Fsp3) is 0.263. The largest absolute Gasteiger partial charge is 0.496 e. The standard InChI is InChI=1S/C19H21FN2O3/c1-12-8-9-17(25-3)15(10-12)13(2)22-18(23)11-21-19(24)14-6-4-5-7-16(14)20/h4-10,13H,11H2,1-3H3,(H,21,24)(H,22,23)/t13-/m1/s1. The monoisotopic (exact) mass is 344 g/mol. The Hall–Kier alpha value is -2.89. The summed E-state index contributed by atoms with van der Waals surface area (Å²) < 4.78 is 18.9. The summed E-state index contributed by atoms with van der Waals surface area (Å²) in [5.74, 6) is -0.957. The van der Waals surface area contributed by atoms with Gasteiger partial charge in [-0.1, -0.05) is 29.8 Å². The second-order valence-electron chi connectivity index (χ2n) is 5.70. The van der Waals surface area contributed by atoms with Crippen LogP contribution >= 0.6 is 0 Å². The van der Waals surface area contributed by atoms with E-state index in [-0.39, 0.29) is 24.1 Å². The van der Waals surface area contributed by atoms with Gasteiger partial charge in [-0.3, -0.25) is 9.59 Å². The van der Waals surface area contributed by atoms with Crippen LogP contribution in [-0.2, 0) is 4.79 Å². The number of amides is 2. The van der Waals surface area contributed by atoms with Gasteiger partial charge in [0.05, 0.1) is 25.3 Å². The molecule has 0 aliphatic rings. The van der Waals surface area contributed by atoms with Crippen LogP contribution in [-0.4, -0.2) is 25.5 Å². The van der Waals surface area contributed by atoms with E-state index in [2.05, 4.69) is 10.6 Å². The number of aryl methyl sites for hydroxylation is 1. The molecule has 0 heterocycles. The highest BCUT2D eigenvalue weighted by atomic mass is 19.1. The number of carbonyl (C=O) groups excluding carboxylic acids is 2. The molecular weight excluding hydrogens is 323 g/mol. The van der Waals surface area contributed by atoms with Crippen molar-refractivity contribution >= 4 is 11.8 Å². The fourth-order valence-corrected chi connectivity index (χ4v) is 2.46. The Labute approximate surface area is 146 Å². The molecule has 0 spiro atoms. The second-order valence-corrected chi connectivity index (χ2v) is 5.70. The van der Waals surface area contributed by atoms with Crippen LogP contribution in [0.2, 0.25) is 0 Å². The first-order chi connectivity index (χ1) is 11.9. The molecule has 1 atom stereocenters. The van der Waals surface area contributed by atoms with E-state index < -0.39 is 11.7 Å². The van der Waals surface area contributed by atoms with Crippen LogP contribution in [0.15, 0.2) is 42.5 Å². The quantitative estimate of drug-likeness (QED) is 0.847. The molecule has 2 amide bonds. The van der Waals surface area contributed by atoms with E-state index in [1.54, 1.807) is 13.2 Å². The normalized spacial score (nSPS) is 11.5. The van der Waals surface area contributed by atoms with Crippen LogP contribution in [0.5, 0.6) is 5.75 Å². The number of benzene rings is 2. The summed E-state index contributed by atoms with van der Waals surface area (Å²) in [5.41, 5.74) is 1.80. The van der Waals surface area contributed by atoms with Gasteiger partial charge in [0.2, 0.25) is 5.91 Å². The molecule has 0 aromatic heterocycles. The molecule has 132 valence electrons. The average molecular weight is 344 g/mol. The summed E-state index contributed by atoms with van der Waals surface area (Å²) in [7, 11) is 1.57. The third-order valence-electron chi connectivity index (χ3n) is 3.76. The van der Waals surface area contributed by atoms with Crippen molar-refractivity contribution in [3.05, 3.63) is 65.0 Å². The SMILES string of the molecule is COc1ccc(C)cc1[C@@H](C)NC(=O)CNC(=O)c1ccccc1F. The van der Waals surface area contributed by atoms with Gasteiger partial charge in [-0.05, 0) is 32.0 Å². The smallest absolute Gasteiger partial charge is 0.254 e. The van der Waals surface area contributed by atoms with Crippen LogP contribution in [0.25, 0.3) is 0 Å². The minimum absolute atomic E-state index is 0.0938. The van der Waals surface area contributed by atoms with Crippen molar-refractivity contribution in [3.8, 4) is 5.75 Å². The molecule has 0 saturated carbocycles. The predicted molar refractivity (Wildman–Crippen MR) is 93.0 cm³/mol. The molecule has 2 aromatic rings. The lowest BCUT2D eigenvalue weighted by molar-refractivity contribution is -0.120. The maximum absolute atomic E-state index is 13.5. The third-order valence-corrected chi connectivity index (χ3v) is 3.76. The molecule has 2 N–H and O–H groups in total. The molecule has 0 unspecified atom stereocenters. The number of rotatable bonds is 6. The zero-order valence-electron chi connectivity index (χ0n) is 14.4. The zero-order valence-corrected chi connectivity index (χ0v) is 14.4. The maximum atomic E-state index is 13.5. The van der Waals surface area contributed by atoms with Crippen molar-refractivity contribution in [1.29, 1.82) is 0 Å². The van der Waals surface area contributed by atoms with E-state index >= 15 is 0 Å². The minimum Gasteiger partial charge on any atom is -0.496 e. The van der Waals surface area contributed by atoms with Crippen LogP contribution in [0.4, 0.5) is 4.39 Å². The van der Waals surface area contributed by atoms with Gasteiger partial charge in [0.1, 0.15) is 11.6 Å². The number of methoxy groups -OCH3 is 1. The van der Waals surface area contributed by atoms with Gasteiger partial charge in [-0.15, -0.1) is 0 Å². The van der Waals surface area contributed by atoms with Crippen LogP contribution < -0.4 is 15.4 Å². The third kappa shape index (κ3) is 4.79. The molecule has 2 aromatic carbocycles. The van der Waals surface area contributed by atoms with Crippen LogP contribution in [0.1, 0.15) is 34.5 Å². The van der Waals surface area contributed by atoms with E-state index in [4.69, 9.17) is 4.74 Å². The molecule has 25 heavy (non-hydrogen) atoms. The number of hydrogen-bond donors (Lipinski definition) is 2. The maximum Gasteiger partial charge on any atom is 0.254 e. The van der Waals surface area contributed by atoms with E-state index in [1.807, 2.05) is 32.0 Å². The van der Waals surface area contributed by atoms with Gasteiger partial charge in [-0.2, -0.15) is 0 Å². The summed E-state index contributed by atoms with van der Waals surface area (Å²) >= 11 is 0. The number of halogens is 1. The van der Waals surface area contributed by atoms with E-state index in [0.29, 0.717) is 5.75 Å². The Bertz CT molecular complexity index is 777. The highest BCUT2D eigenvalue weighted by molar-refractivity contribution is 5.96. The first kappa shape index (κ1) is 18.4. The average Bonchev–Trinajstić information content (AvgIpc) is 2.60. The van der Waals surface area contributed by atoms with Crippen molar-refractivity contribution < 1.29 is 18.7 Å². The number of ether oxygens (including phenoxy) is 1. The first-order valence-electron chi connectivity index (χ1n) is 7.89. The lowest BCUT2D eigenvalue weighted by Gasteiger charge is -2.18. The van der Waals surface area contributed by atoms with E-state index in [9.17, 15) is 14.0 Å². The highest BCUT2D eigenvalue weighted by Gasteiger charge is 2.16. The molecule has 5 nitrogen and oxygen atoms in total. The summed E-state index contributed by atoms with van der Waals surface area (Å²) in [4.78, 5) is 24.0. The fourth-order valence-electron chi connectivity index (χ4n) is 2.46. The molecule has 2 rings (SSSR count). The highest BCUT2D eigenvalue weighted by Crippen LogP contribution is 2.25. The lowest BCUT2D eigenvalue weighted by Crippen LogP contribution is -2.38. The molecule has 0 bridgehead atoms. The number of hydrogen-bond acceptors (Lipinski definition) is 3. The Balaban J connectivity index is 1.95. The van der Waals surface area contributed by atoms with Crippen molar-refractivity contribution in [2.24, 2.45) is 0 Å². The lowest BCUT2D eigenvalue weighted by atomic mass is 10.0. The Morgan fingerprint density at radius 3 is 2.60 bits per heavy atom. The molecule has 0 aliphatic carbocycles. The summed E-state index contributed by atoms with van der Waals surface area (Å²) in [6, 6.07) is 11.0. The molecule has 0 fully saturated rings. The van der Waals surface area contributed by atoms with Gasteiger partial charge in [0, 0.05) is 5.56 Å². The van der Waals surface area contributed by atoms with Gasteiger partial charge in [0.15, 0.2) is 0 Å². The topological polar surface area (TPSA) is 67.4 Å². The van der Waals surface area contributed by atoms with Crippen molar-refractivity contribution in [2.75, 3.05) is 13.7 Å². The molecular formula is C19H21FN2O3. The van der Waals surface area contributed by atoms with Crippen LogP contribution in [0, 0.1) is 12.7 Å². The Kier molecular flexibility index (Phi) is 6.11. The summed E-state index contributed by atoms with van der Waals surface area (Å²) in [5, 5.41) is 5.21. The molecule has 0 aliphatic heterocycles. The van der Waals surface area contributed by atoms with Crippen molar-refractivity contribution in [2.45, 2.75) is 19.9 Å². The molecule has 6 heteroatoms. The van der Waals surface area contributed by atoms with E-state index in [1.165, 1.54) is 18.2 Å². The van der Waals surface area contributed by atoms with Gasteiger partial charge in [-0.25, -0.2) is 4.39 Å². The van der Waals surface area contributed by atoms with Crippen molar-refractivity contribution in [1.82, 2.24) is 10.6 Å². The number of carbonyl (C=O) groups is 2. The van der Waals surface area contributed by atoms with Gasteiger partial charge < -0.3 is 15.4 Å². The Morgan fingerprint density at radius 2 is 1.92 bits per heavy atom. The molecule has 0 saturated heterocycles.